The predicted molar refractivity (Wildman–Crippen MR) is 73.7 cm³/mol. The van der Waals surface area contributed by atoms with E-state index >= 15 is 0 Å². The van der Waals surface area contributed by atoms with Crippen LogP contribution in [0.15, 0.2) is 12.4 Å². The van der Waals surface area contributed by atoms with E-state index in [9.17, 15) is 9.59 Å². The molecule has 2 heterocycles. The molecule has 0 saturated carbocycles. The largest absolute Gasteiger partial charge is 0.481 e. The van der Waals surface area contributed by atoms with E-state index in [4.69, 9.17) is 5.11 Å². The highest BCUT2D eigenvalue weighted by atomic mass is 16.4. The lowest BCUT2D eigenvalue weighted by Gasteiger charge is -2.20. The summed E-state index contributed by atoms with van der Waals surface area (Å²) >= 11 is 0. The topological polar surface area (TPSA) is 86.3 Å². The number of benzene rings is 1. The number of imidazole rings is 1. The van der Waals surface area contributed by atoms with E-state index in [-0.39, 0.29) is 18.9 Å². The average molecular weight is 273 g/mol. The van der Waals surface area contributed by atoms with Crippen LogP contribution in [0, 0.1) is 19.8 Å². The number of H-pyrrole nitrogens is 1. The van der Waals surface area contributed by atoms with Crippen LogP contribution >= 0.6 is 0 Å². The van der Waals surface area contributed by atoms with E-state index < -0.39 is 11.9 Å². The first kappa shape index (κ1) is 12.7. The fraction of sp³-hybridized carbons (Fsp3) is 0.357. The summed E-state index contributed by atoms with van der Waals surface area (Å²) < 4.78 is 0. The highest BCUT2D eigenvalue weighted by Crippen LogP contribution is 2.35. The maximum Gasteiger partial charge on any atom is 0.308 e. The number of nitrogens with zero attached hydrogens (tertiary/aromatic N) is 2. The first-order chi connectivity index (χ1) is 9.49. The standard InChI is InChI=1S/C14H15N3O3/c1-7-3-10-12(16-6-15-10)13(8(7)2)17-5-9(14(19)20)4-11(17)18/h3,6,9H,4-5H2,1-2H3,(H,15,16)(H,19,20)/t9-/m0/s1. The van der Waals surface area contributed by atoms with Crippen LogP contribution in [0.1, 0.15) is 17.5 Å². The first-order valence-corrected chi connectivity index (χ1v) is 6.45. The number of aryl methyl sites for hydroxylation is 1. The van der Waals surface area contributed by atoms with Gasteiger partial charge in [0.1, 0.15) is 5.52 Å². The van der Waals surface area contributed by atoms with Crippen molar-refractivity contribution in [1.29, 1.82) is 0 Å². The van der Waals surface area contributed by atoms with Crippen molar-refractivity contribution in [2.45, 2.75) is 20.3 Å². The lowest BCUT2D eigenvalue weighted by molar-refractivity contribution is -0.141. The fourth-order valence-corrected chi connectivity index (χ4v) is 2.71. The first-order valence-electron chi connectivity index (χ1n) is 6.45. The van der Waals surface area contributed by atoms with Crippen LogP contribution in [0.2, 0.25) is 0 Å². The number of anilines is 1. The number of aromatic nitrogens is 2. The molecule has 1 aromatic heterocycles. The second-order valence-electron chi connectivity index (χ2n) is 5.21. The van der Waals surface area contributed by atoms with E-state index in [2.05, 4.69) is 9.97 Å². The van der Waals surface area contributed by atoms with E-state index in [1.165, 1.54) is 0 Å². The quantitative estimate of drug-likeness (QED) is 0.870. The molecule has 0 unspecified atom stereocenters. The van der Waals surface area contributed by atoms with E-state index in [1.807, 2.05) is 19.9 Å². The zero-order valence-electron chi connectivity index (χ0n) is 11.3. The molecule has 6 nitrogen and oxygen atoms in total. The molecule has 0 aliphatic carbocycles. The number of nitrogens with one attached hydrogen (secondary N) is 1. The molecule has 1 aliphatic heterocycles. The van der Waals surface area contributed by atoms with Crippen LogP contribution in [0.25, 0.3) is 11.0 Å². The fourth-order valence-electron chi connectivity index (χ4n) is 2.71. The van der Waals surface area contributed by atoms with Gasteiger partial charge in [-0.1, -0.05) is 0 Å². The Labute approximate surface area is 115 Å². The molecule has 1 fully saturated rings. The Morgan fingerprint density at radius 2 is 2.25 bits per heavy atom. The Kier molecular flexibility index (Phi) is 2.74. The zero-order valence-corrected chi connectivity index (χ0v) is 11.3. The SMILES string of the molecule is Cc1cc2[nH]cnc2c(N2C[C@@H](C(=O)O)CC2=O)c1C. The van der Waals surface area contributed by atoms with Crippen molar-refractivity contribution in [1.82, 2.24) is 9.97 Å². The van der Waals surface area contributed by atoms with Crippen LogP contribution in [-0.2, 0) is 9.59 Å². The lowest BCUT2D eigenvalue weighted by Crippen LogP contribution is -2.27. The summed E-state index contributed by atoms with van der Waals surface area (Å²) in [5, 5.41) is 9.09. The molecule has 0 spiro atoms. The van der Waals surface area contributed by atoms with Crippen LogP contribution in [0.5, 0.6) is 0 Å². The third kappa shape index (κ3) is 1.76. The molecule has 0 bridgehead atoms. The number of carbonyl (C=O) groups is 2. The molecular formula is C14H15N3O3. The molecule has 1 aromatic carbocycles. The Morgan fingerprint density at radius 3 is 2.90 bits per heavy atom. The Hall–Kier alpha value is -2.37. The third-order valence-corrected chi connectivity index (χ3v) is 3.94. The van der Waals surface area contributed by atoms with Gasteiger partial charge in [0.25, 0.3) is 0 Å². The van der Waals surface area contributed by atoms with Crippen molar-refractivity contribution >= 4 is 28.6 Å². The number of fused-ring (bicyclic) bond motifs is 1. The number of carboxylic acid groups (broad SMARTS) is 1. The van der Waals surface area contributed by atoms with Gasteiger partial charge in [-0.25, -0.2) is 4.98 Å². The summed E-state index contributed by atoms with van der Waals surface area (Å²) in [7, 11) is 0. The van der Waals surface area contributed by atoms with Crippen LogP contribution in [0.4, 0.5) is 5.69 Å². The van der Waals surface area contributed by atoms with Crippen molar-refractivity contribution in [3.05, 3.63) is 23.5 Å². The van der Waals surface area contributed by atoms with Crippen molar-refractivity contribution in [2.75, 3.05) is 11.4 Å². The highest BCUT2D eigenvalue weighted by molar-refractivity contribution is 6.06. The van der Waals surface area contributed by atoms with Crippen molar-refractivity contribution in [3.63, 3.8) is 0 Å². The maximum absolute atomic E-state index is 12.1. The molecule has 20 heavy (non-hydrogen) atoms. The molecule has 2 aromatic rings. The zero-order chi connectivity index (χ0) is 14.4. The van der Waals surface area contributed by atoms with Gasteiger partial charge in [0.15, 0.2) is 0 Å². The molecule has 6 heteroatoms. The molecule has 1 saturated heterocycles. The minimum Gasteiger partial charge on any atom is -0.481 e. The van der Waals surface area contributed by atoms with E-state index in [0.29, 0.717) is 5.52 Å². The number of hydrogen-bond donors (Lipinski definition) is 2. The van der Waals surface area contributed by atoms with Gasteiger partial charge in [-0.2, -0.15) is 0 Å². The minimum atomic E-state index is -0.926. The second kappa shape index (κ2) is 4.33. The average Bonchev–Trinajstić information content (AvgIpc) is 2.98. The predicted octanol–water partition coefficient (Wildman–Crippen LogP) is 1.62. The number of carbonyl (C=O) groups excluding carboxylic acids is 1. The molecule has 3 rings (SSSR count). The number of rotatable bonds is 2. The van der Waals surface area contributed by atoms with Gasteiger partial charge in [-0.05, 0) is 31.0 Å². The van der Waals surface area contributed by atoms with E-state index in [0.717, 1.165) is 22.3 Å². The minimum absolute atomic E-state index is 0.0502. The van der Waals surface area contributed by atoms with Crippen molar-refractivity contribution in [3.8, 4) is 0 Å². The van der Waals surface area contributed by atoms with Crippen LogP contribution < -0.4 is 4.90 Å². The molecule has 1 atom stereocenters. The second-order valence-corrected chi connectivity index (χ2v) is 5.21. The Morgan fingerprint density at radius 1 is 1.50 bits per heavy atom. The number of amides is 1. The smallest absolute Gasteiger partial charge is 0.308 e. The van der Waals surface area contributed by atoms with Gasteiger partial charge in [-0.3, -0.25) is 9.59 Å². The Bertz CT molecular complexity index is 720. The van der Waals surface area contributed by atoms with Crippen LogP contribution in [-0.4, -0.2) is 33.5 Å². The monoisotopic (exact) mass is 273 g/mol. The number of hydrogen-bond acceptors (Lipinski definition) is 3. The summed E-state index contributed by atoms with van der Waals surface area (Å²) in [5.74, 6) is -1.73. The highest BCUT2D eigenvalue weighted by Gasteiger charge is 2.36. The molecule has 104 valence electrons. The molecule has 1 aliphatic rings. The summed E-state index contributed by atoms with van der Waals surface area (Å²) in [6.45, 7) is 4.11. The number of aliphatic carboxylic acids is 1. The molecular weight excluding hydrogens is 258 g/mol. The molecule has 1 amide bonds. The molecule has 2 N–H and O–H groups in total. The van der Waals surface area contributed by atoms with Gasteiger partial charge in [0.05, 0.1) is 23.4 Å². The Balaban J connectivity index is 2.15. The van der Waals surface area contributed by atoms with Crippen molar-refractivity contribution in [2.24, 2.45) is 5.92 Å². The molecule has 0 radical (unpaired) electrons. The lowest BCUT2D eigenvalue weighted by atomic mass is 10.1. The van der Waals surface area contributed by atoms with Crippen LogP contribution in [0.3, 0.4) is 0 Å². The van der Waals surface area contributed by atoms with Gasteiger partial charge in [0, 0.05) is 13.0 Å². The summed E-state index contributed by atoms with van der Waals surface area (Å²) in [5.41, 5.74) is 4.31. The number of aromatic amines is 1. The normalized spacial score (nSPS) is 19.0. The van der Waals surface area contributed by atoms with Gasteiger partial charge < -0.3 is 15.0 Å². The summed E-state index contributed by atoms with van der Waals surface area (Å²) in [6.07, 6.45) is 1.64. The summed E-state index contributed by atoms with van der Waals surface area (Å²) in [6, 6.07) is 1.98. The van der Waals surface area contributed by atoms with Gasteiger partial charge in [0.2, 0.25) is 5.91 Å². The summed E-state index contributed by atoms with van der Waals surface area (Å²) in [4.78, 5) is 32.1. The van der Waals surface area contributed by atoms with E-state index in [1.54, 1.807) is 11.2 Å². The maximum atomic E-state index is 12.1. The third-order valence-electron chi connectivity index (χ3n) is 3.94. The van der Waals surface area contributed by atoms with Crippen molar-refractivity contribution < 1.29 is 14.7 Å². The van der Waals surface area contributed by atoms with Gasteiger partial charge in [-0.15, -0.1) is 0 Å². The van der Waals surface area contributed by atoms with Gasteiger partial charge >= 0.3 is 5.97 Å². The number of carboxylic acids is 1.